The number of nitrogens with zero attached hydrogens (tertiary/aromatic N) is 1. The predicted octanol–water partition coefficient (Wildman–Crippen LogP) is 4.23. The smallest absolute Gasteiger partial charge is 0.00458 e. The van der Waals surface area contributed by atoms with Crippen LogP contribution in [0.3, 0.4) is 0 Å². The molecule has 0 spiro atoms. The van der Waals surface area contributed by atoms with E-state index in [4.69, 9.17) is 0 Å². The van der Waals surface area contributed by atoms with Crippen LogP contribution in [0.4, 0.5) is 0 Å². The molecule has 1 aliphatic carbocycles. The third-order valence-electron chi connectivity index (χ3n) is 4.52. The number of hydrogen-bond donors (Lipinski definition) is 1. The fourth-order valence-electron chi connectivity index (χ4n) is 3.02. The van der Waals surface area contributed by atoms with Crippen molar-refractivity contribution < 1.29 is 0 Å². The normalized spacial score (nSPS) is 21.7. The molecule has 1 fully saturated rings. The highest BCUT2D eigenvalue weighted by Gasteiger charge is 2.32. The summed E-state index contributed by atoms with van der Waals surface area (Å²) in [5.41, 5.74) is 0.519. The van der Waals surface area contributed by atoms with Crippen LogP contribution in [0.1, 0.15) is 59.3 Å². The van der Waals surface area contributed by atoms with Gasteiger partial charge < -0.3 is 4.90 Å². The summed E-state index contributed by atoms with van der Waals surface area (Å²) in [6.07, 6.45) is 8.36. The van der Waals surface area contributed by atoms with Crippen LogP contribution < -0.4 is 0 Å². The van der Waals surface area contributed by atoms with E-state index >= 15 is 0 Å². The highest BCUT2D eigenvalue weighted by Crippen LogP contribution is 2.38. The maximum absolute atomic E-state index is 4.65. The van der Waals surface area contributed by atoms with Crippen LogP contribution in [0, 0.1) is 11.3 Å². The first kappa shape index (κ1) is 15.4. The minimum atomic E-state index is 0.519. The number of thiol groups is 1. The Morgan fingerprint density at radius 2 is 1.82 bits per heavy atom. The molecule has 0 aliphatic heterocycles. The van der Waals surface area contributed by atoms with Crippen molar-refractivity contribution >= 4 is 12.6 Å². The van der Waals surface area contributed by atoms with Gasteiger partial charge in [0.15, 0.2) is 0 Å². The monoisotopic (exact) mass is 257 g/mol. The van der Waals surface area contributed by atoms with Crippen LogP contribution >= 0.6 is 12.6 Å². The Morgan fingerprint density at radius 1 is 1.18 bits per heavy atom. The maximum atomic E-state index is 4.65. The van der Waals surface area contributed by atoms with Crippen molar-refractivity contribution in [1.82, 2.24) is 4.90 Å². The zero-order chi connectivity index (χ0) is 12.7. The Balaban J connectivity index is 2.51. The van der Waals surface area contributed by atoms with Crippen molar-refractivity contribution in [2.75, 3.05) is 25.4 Å². The molecule has 0 radical (unpaired) electrons. The number of hydrogen-bond acceptors (Lipinski definition) is 2. The summed E-state index contributed by atoms with van der Waals surface area (Å²) in [6.45, 7) is 10.7. The third kappa shape index (κ3) is 4.82. The molecule has 1 atom stereocenters. The third-order valence-corrected chi connectivity index (χ3v) is 5.19. The van der Waals surface area contributed by atoms with Gasteiger partial charge in [-0.15, -0.1) is 0 Å². The van der Waals surface area contributed by atoms with Gasteiger partial charge in [-0.3, -0.25) is 0 Å². The van der Waals surface area contributed by atoms with Gasteiger partial charge in [-0.1, -0.05) is 46.5 Å². The van der Waals surface area contributed by atoms with Crippen molar-refractivity contribution in [2.45, 2.75) is 59.3 Å². The van der Waals surface area contributed by atoms with E-state index in [1.165, 1.54) is 58.2 Å². The molecule has 1 saturated carbocycles. The molecule has 0 N–H and O–H groups in total. The topological polar surface area (TPSA) is 3.24 Å². The Morgan fingerprint density at radius 3 is 2.29 bits per heavy atom. The van der Waals surface area contributed by atoms with Crippen LogP contribution in [0.25, 0.3) is 0 Å². The van der Waals surface area contributed by atoms with E-state index in [0.29, 0.717) is 5.41 Å². The van der Waals surface area contributed by atoms with E-state index in [1.54, 1.807) is 0 Å². The summed E-state index contributed by atoms with van der Waals surface area (Å²) < 4.78 is 0. The second kappa shape index (κ2) is 7.68. The molecule has 1 nitrogen and oxygen atoms in total. The molecule has 0 aromatic heterocycles. The van der Waals surface area contributed by atoms with Gasteiger partial charge in [0.1, 0.15) is 0 Å². The van der Waals surface area contributed by atoms with Crippen LogP contribution in [-0.4, -0.2) is 30.3 Å². The Labute approximate surface area is 114 Å². The molecule has 1 aliphatic rings. The van der Waals surface area contributed by atoms with Gasteiger partial charge in [-0.05, 0) is 36.5 Å². The van der Waals surface area contributed by atoms with E-state index in [2.05, 4.69) is 38.3 Å². The van der Waals surface area contributed by atoms with Crippen LogP contribution in [0.2, 0.25) is 0 Å². The molecule has 0 aromatic rings. The fourth-order valence-corrected chi connectivity index (χ4v) is 3.43. The largest absolute Gasteiger partial charge is 0.303 e. The molecular weight excluding hydrogens is 226 g/mol. The Bertz CT molecular complexity index is 199. The highest BCUT2D eigenvalue weighted by atomic mass is 32.1. The molecular formula is C15H31NS. The van der Waals surface area contributed by atoms with Crippen molar-refractivity contribution in [1.29, 1.82) is 0 Å². The fraction of sp³-hybridized carbons (Fsp3) is 1.00. The first-order chi connectivity index (χ1) is 8.15. The van der Waals surface area contributed by atoms with Gasteiger partial charge in [0.2, 0.25) is 0 Å². The lowest BCUT2D eigenvalue weighted by molar-refractivity contribution is 0.118. The van der Waals surface area contributed by atoms with Crippen molar-refractivity contribution in [3.8, 4) is 0 Å². The Hall–Kier alpha value is 0.310. The van der Waals surface area contributed by atoms with Crippen LogP contribution in [0.5, 0.6) is 0 Å². The highest BCUT2D eigenvalue weighted by molar-refractivity contribution is 7.80. The lowest BCUT2D eigenvalue weighted by atomic mass is 9.75. The quantitative estimate of drug-likeness (QED) is 0.668. The second-order valence-electron chi connectivity index (χ2n) is 6.06. The molecule has 0 saturated heterocycles. The molecule has 2 heteroatoms. The average Bonchev–Trinajstić information content (AvgIpc) is 2.38. The summed E-state index contributed by atoms with van der Waals surface area (Å²) in [5.74, 6) is 1.90. The summed E-state index contributed by atoms with van der Waals surface area (Å²) in [7, 11) is 0. The zero-order valence-corrected chi connectivity index (χ0v) is 12.9. The van der Waals surface area contributed by atoms with E-state index < -0.39 is 0 Å². The van der Waals surface area contributed by atoms with Gasteiger partial charge in [0, 0.05) is 13.1 Å². The number of rotatable bonds is 7. The van der Waals surface area contributed by atoms with Gasteiger partial charge in [0.25, 0.3) is 0 Å². The Kier molecular flexibility index (Phi) is 6.94. The maximum Gasteiger partial charge on any atom is 0.00458 e. The lowest BCUT2D eigenvalue weighted by Gasteiger charge is -2.40. The minimum Gasteiger partial charge on any atom is -0.303 e. The van der Waals surface area contributed by atoms with E-state index in [9.17, 15) is 0 Å². The average molecular weight is 257 g/mol. The van der Waals surface area contributed by atoms with Crippen LogP contribution in [-0.2, 0) is 0 Å². The van der Waals surface area contributed by atoms with E-state index in [0.717, 1.165) is 11.7 Å². The molecule has 1 rings (SSSR count). The van der Waals surface area contributed by atoms with Crippen molar-refractivity contribution in [2.24, 2.45) is 11.3 Å². The molecule has 102 valence electrons. The minimum absolute atomic E-state index is 0.519. The first-order valence-corrected chi connectivity index (χ1v) is 8.12. The second-order valence-corrected chi connectivity index (χ2v) is 6.38. The van der Waals surface area contributed by atoms with Crippen molar-refractivity contribution in [3.63, 3.8) is 0 Å². The van der Waals surface area contributed by atoms with Crippen molar-refractivity contribution in [3.05, 3.63) is 0 Å². The molecule has 0 aromatic carbocycles. The summed E-state index contributed by atoms with van der Waals surface area (Å²) >= 11 is 4.65. The van der Waals surface area contributed by atoms with Crippen LogP contribution in [0.15, 0.2) is 0 Å². The summed E-state index contributed by atoms with van der Waals surface area (Å²) in [6, 6.07) is 0. The molecule has 0 bridgehead atoms. The van der Waals surface area contributed by atoms with Gasteiger partial charge in [0.05, 0.1) is 0 Å². The molecule has 1 unspecified atom stereocenters. The summed E-state index contributed by atoms with van der Waals surface area (Å²) in [4.78, 5) is 2.66. The first-order valence-electron chi connectivity index (χ1n) is 7.49. The zero-order valence-electron chi connectivity index (χ0n) is 12.0. The van der Waals surface area contributed by atoms with E-state index in [1.807, 2.05) is 0 Å². The summed E-state index contributed by atoms with van der Waals surface area (Å²) in [5, 5.41) is 0. The predicted molar refractivity (Wildman–Crippen MR) is 80.9 cm³/mol. The lowest BCUT2D eigenvalue weighted by Crippen LogP contribution is -2.42. The SMILES string of the molecule is CCC(C)CN(CC)CC1(CS)CCCCC1. The standard InChI is InChI=1S/C15H31NS/c1-4-14(3)11-16(5-2)12-15(13-17)9-7-6-8-10-15/h14,17H,4-13H2,1-3H3. The molecule has 0 amide bonds. The molecule has 0 heterocycles. The van der Waals surface area contributed by atoms with E-state index in [-0.39, 0.29) is 0 Å². The molecule has 17 heavy (non-hydrogen) atoms. The van der Waals surface area contributed by atoms with Gasteiger partial charge >= 0.3 is 0 Å². The van der Waals surface area contributed by atoms with Gasteiger partial charge in [-0.2, -0.15) is 12.6 Å². The van der Waals surface area contributed by atoms with Gasteiger partial charge in [-0.25, -0.2) is 0 Å².